The number of benzene rings is 5. The van der Waals surface area contributed by atoms with Crippen LogP contribution in [0.25, 0.3) is 27.6 Å². The molecule has 6 nitrogen and oxygen atoms in total. The summed E-state index contributed by atoms with van der Waals surface area (Å²) in [6.45, 7) is 0.752. The van der Waals surface area contributed by atoms with Crippen molar-refractivity contribution in [1.82, 2.24) is 4.90 Å². The molecule has 6 rings (SSSR count). The summed E-state index contributed by atoms with van der Waals surface area (Å²) in [5, 5.41) is 4.04. The van der Waals surface area contributed by atoms with Crippen LogP contribution >= 0.6 is 11.8 Å². The highest BCUT2D eigenvalue weighted by Gasteiger charge is 2.34. The fourth-order valence-electron chi connectivity index (χ4n) is 4.88. The Morgan fingerprint density at radius 3 is 2.24 bits per heavy atom. The number of fused-ring (bicyclic) bond motifs is 2. The molecule has 1 fully saturated rings. The summed E-state index contributed by atoms with van der Waals surface area (Å²) >= 11 is 0.923. The van der Waals surface area contributed by atoms with Crippen LogP contribution < -0.4 is 14.2 Å². The van der Waals surface area contributed by atoms with Gasteiger partial charge in [0.25, 0.3) is 11.1 Å². The van der Waals surface area contributed by atoms with Crippen molar-refractivity contribution in [2.45, 2.75) is 6.61 Å². The minimum absolute atomic E-state index is 0.162. The molecule has 204 valence electrons. The summed E-state index contributed by atoms with van der Waals surface area (Å²) < 4.78 is 17.6. The Kier molecular flexibility index (Phi) is 7.60. The summed E-state index contributed by atoms with van der Waals surface area (Å²) in [6, 6.07) is 33.6. The molecule has 0 aliphatic carbocycles. The largest absolute Gasteiger partial charge is 0.493 e. The van der Waals surface area contributed by atoms with Crippen molar-refractivity contribution in [3.63, 3.8) is 0 Å². The molecule has 0 spiro atoms. The van der Waals surface area contributed by atoms with Crippen LogP contribution in [0.15, 0.2) is 108 Å². The molecule has 5 aromatic carbocycles. The van der Waals surface area contributed by atoms with Gasteiger partial charge in [-0.2, -0.15) is 0 Å². The van der Waals surface area contributed by atoms with E-state index in [0.717, 1.165) is 50.2 Å². The molecule has 1 aliphatic rings. The number of amides is 2. The van der Waals surface area contributed by atoms with E-state index in [4.69, 9.17) is 14.2 Å². The molecule has 5 aromatic rings. The van der Waals surface area contributed by atoms with Gasteiger partial charge in [0.15, 0.2) is 11.5 Å². The van der Waals surface area contributed by atoms with E-state index in [2.05, 4.69) is 18.2 Å². The van der Waals surface area contributed by atoms with Gasteiger partial charge in [0.1, 0.15) is 19.0 Å². The molecule has 0 unspecified atom stereocenters. The highest BCUT2D eigenvalue weighted by atomic mass is 32.2. The maximum absolute atomic E-state index is 13.1. The number of rotatable bonds is 9. The molecule has 1 heterocycles. The van der Waals surface area contributed by atoms with Crippen molar-refractivity contribution in [3.05, 3.63) is 119 Å². The number of nitrogens with zero attached hydrogens (tertiary/aromatic N) is 1. The molecular formula is C34H27NO5S. The summed E-state index contributed by atoms with van der Waals surface area (Å²) in [5.74, 6) is 1.52. The number of ether oxygens (including phenoxy) is 3. The Morgan fingerprint density at radius 1 is 0.732 bits per heavy atom. The van der Waals surface area contributed by atoms with E-state index in [9.17, 15) is 9.59 Å². The first-order chi connectivity index (χ1) is 20.1. The van der Waals surface area contributed by atoms with Gasteiger partial charge in [0.05, 0.1) is 18.6 Å². The fraction of sp³-hybridized carbons (Fsp3) is 0.118. The molecule has 2 amide bonds. The molecule has 0 bridgehead atoms. The van der Waals surface area contributed by atoms with Gasteiger partial charge in [-0.3, -0.25) is 14.5 Å². The summed E-state index contributed by atoms with van der Waals surface area (Å²) in [6.07, 6.45) is 1.70. The smallest absolute Gasteiger partial charge is 0.293 e. The van der Waals surface area contributed by atoms with Gasteiger partial charge >= 0.3 is 0 Å². The van der Waals surface area contributed by atoms with Gasteiger partial charge in [-0.1, -0.05) is 84.9 Å². The van der Waals surface area contributed by atoms with Crippen LogP contribution in [0.5, 0.6) is 17.2 Å². The maximum Gasteiger partial charge on any atom is 0.293 e. The number of carbonyl (C=O) groups is 2. The number of thioether (sulfide) groups is 1. The van der Waals surface area contributed by atoms with Gasteiger partial charge in [-0.05, 0) is 63.3 Å². The minimum Gasteiger partial charge on any atom is -0.493 e. The van der Waals surface area contributed by atoms with Crippen LogP contribution in [0.2, 0.25) is 0 Å². The third-order valence-corrected chi connectivity index (χ3v) is 7.85. The van der Waals surface area contributed by atoms with Gasteiger partial charge in [-0.15, -0.1) is 0 Å². The van der Waals surface area contributed by atoms with E-state index in [1.807, 2.05) is 78.9 Å². The first-order valence-corrected chi connectivity index (χ1v) is 14.1. The Morgan fingerprint density at radius 2 is 1.44 bits per heavy atom. The molecule has 0 atom stereocenters. The Labute approximate surface area is 242 Å². The van der Waals surface area contributed by atoms with E-state index in [-0.39, 0.29) is 24.3 Å². The zero-order chi connectivity index (χ0) is 28.2. The van der Waals surface area contributed by atoms with Crippen molar-refractivity contribution in [3.8, 4) is 17.2 Å². The Hall–Kier alpha value is -4.75. The minimum atomic E-state index is -0.336. The third kappa shape index (κ3) is 5.62. The van der Waals surface area contributed by atoms with E-state index < -0.39 is 0 Å². The van der Waals surface area contributed by atoms with E-state index >= 15 is 0 Å². The normalized spacial score (nSPS) is 14.3. The van der Waals surface area contributed by atoms with Crippen molar-refractivity contribution in [2.24, 2.45) is 0 Å². The lowest BCUT2D eigenvalue weighted by Gasteiger charge is -2.14. The van der Waals surface area contributed by atoms with Gasteiger partial charge in [0, 0.05) is 5.39 Å². The average Bonchev–Trinajstić information content (AvgIpc) is 3.27. The Bertz CT molecular complexity index is 1790. The molecule has 1 aliphatic heterocycles. The fourth-order valence-corrected chi connectivity index (χ4v) is 5.74. The predicted molar refractivity (Wildman–Crippen MR) is 163 cm³/mol. The zero-order valence-corrected chi connectivity index (χ0v) is 23.2. The number of imide groups is 1. The van der Waals surface area contributed by atoms with Crippen molar-refractivity contribution >= 4 is 50.5 Å². The topological polar surface area (TPSA) is 65.1 Å². The molecule has 0 radical (unpaired) electrons. The SMILES string of the molecule is COc1cc(/C=C2\SC(=O)N(CCOc3cccc4ccccc34)C2=O)ccc1OCc1cccc2ccccc12. The second-order valence-corrected chi connectivity index (χ2v) is 10.5. The van der Waals surface area contributed by atoms with Crippen LogP contribution in [0.4, 0.5) is 4.79 Å². The summed E-state index contributed by atoms with van der Waals surface area (Å²) in [5.41, 5.74) is 1.81. The maximum atomic E-state index is 13.1. The molecule has 1 saturated heterocycles. The Balaban J connectivity index is 1.12. The summed E-state index contributed by atoms with van der Waals surface area (Å²) in [7, 11) is 1.58. The van der Waals surface area contributed by atoms with Crippen LogP contribution in [-0.2, 0) is 11.4 Å². The van der Waals surface area contributed by atoms with E-state index in [1.165, 1.54) is 4.90 Å². The van der Waals surface area contributed by atoms with Crippen LogP contribution in [-0.4, -0.2) is 36.3 Å². The quantitative estimate of drug-likeness (QED) is 0.172. The standard InChI is InChI=1S/C34H27NO5S/c1-38-31-20-23(16-17-30(31)40-22-26-12-6-10-24-8-2-4-13-27(24)26)21-32-33(36)35(34(37)41-32)18-19-39-29-15-7-11-25-9-3-5-14-28(25)29/h2-17,20-21H,18-19,22H2,1H3/b32-21-. The highest BCUT2D eigenvalue weighted by Crippen LogP contribution is 2.35. The third-order valence-electron chi connectivity index (χ3n) is 6.94. The monoisotopic (exact) mass is 561 g/mol. The van der Waals surface area contributed by atoms with Crippen molar-refractivity contribution in [1.29, 1.82) is 0 Å². The zero-order valence-electron chi connectivity index (χ0n) is 22.4. The lowest BCUT2D eigenvalue weighted by molar-refractivity contribution is -0.123. The molecule has 41 heavy (non-hydrogen) atoms. The van der Waals surface area contributed by atoms with Crippen molar-refractivity contribution < 1.29 is 23.8 Å². The average molecular weight is 562 g/mol. The molecule has 0 N–H and O–H groups in total. The van der Waals surface area contributed by atoms with Crippen LogP contribution in [0.1, 0.15) is 11.1 Å². The molecule has 7 heteroatoms. The first-order valence-electron chi connectivity index (χ1n) is 13.2. The van der Waals surface area contributed by atoms with E-state index in [1.54, 1.807) is 19.3 Å². The van der Waals surface area contributed by atoms with Crippen LogP contribution in [0.3, 0.4) is 0 Å². The van der Waals surface area contributed by atoms with Gasteiger partial charge < -0.3 is 14.2 Å². The summed E-state index contributed by atoms with van der Waals surface area (Å²) in [4.78, 5) is 27.3. The highest BCUT2D eigenvalue weighted by molar-refractivity contribution is 8.18. The van der Waals surface area contributed by atoms with Crippen LogP contribution in [0, 0.1) is 0 Å². The molecule has 0 aromatic heterocycles. The number of carbonyl (C=O) groups excluding carboxylic acids is 2. The second kappa shape index (κ2) is 11.8. The molecular weight excluding hydrogens is 534 g/mol. The van der Waals surface area contributed by atoms with E-state index in [0.29, 0.717) is 23.0 Å². The molecule has 0 saturated carbocycles. The lowest BCUT2D eigenvalue weighted by Crippen LogP contribution is -2.32. The number of hydrogen-bond donors (Lipinski definition) is 0. The van der Waals surface area contributed by atoms with Crippen molar-refractivity contribution in [2.75, 3.05) is 20.3 Å². The number of methoxy groups -OCH3 is 1. The first kappa shape index (κ1) is 26.5. The second-order valence-electron chi connectivity index (χ2n) is 9.50. The van der Waals surface area contributed by atoms with Gasteiger partial charge in [-0.25, -0.2) is 0 Å². The number of hydrogen-bond acceptors (Lipinski definition) is 6. The lowest BCUT2D eigenvalue weighted by atomic mass is 10.1. The van der Waals surface area contributed by atoms with Gasteiger partial charge in [0.2, 0.25) is 0 Å². The predicted octanol–water partition coefficient (Wildman–Crippen LogP) is 7.70.